The fourth-order valence-corrected chi connectivity index (χ4v) is 7.33. The second-order valence-corrected chi connectivity index (χ2v) is 19.1. The lowest BCUT2D eigenvalue weighted by molar-refractivity contribution is 0.0597. The molecule has 0 spiro atoms. The molecule has 0 atom stereocenters. The summed E-state index contributed by atoms with van der Waals surface area (Å²) in [5.74, 6) is -0.358. The highest BCUT2D eigenvalue weighted by Crippen LogP contribution is 2.37. The number of carbonyl (C=O) groups excluding carboxylic acids is 4. The van der Waals surface area contributed by atoms with Gasteiger partial charge in [0, 0.05) is 24.0 Å². The van der Waals surface area contributed by atoms with Crippen molar-refractivity contribution in [2.45, 2.75) is 138 Å². The SMILES string of the molecule is CCCCOc1cc(C(=O)OC)cc(CCCCCC(=N)N)c1NC(=O)c1cc(CCCCCC(=N)N)c(NC(=O)c2ccc(NC(=O)OC(C)(C)C)c(OCc3ccc(C)cc3)c2)c(OCC(C)C)c1. The normalized spacial score (nSPS) is 11.1. The van der Waals surface area contributed by atoms with Crippen LogP contribution in [0.4, 0.5) is 21.9 Å². The Hall–Kier alpha value is -7.10. The number of esters is 1. The van der Waals surface area contributed by atoms with E-state index in [4.69, 9.17) is 46.0 Å². The van der Waals surface area contributed by atoms with Crippen LogP contribution in [0.15, 0.2) is 66.7 Å². The summed E-state index contributed by atoms with van der Waals surface area (Å²) in [6.45, 7) is 14.1. The van der Waals surface area contributed by atoms with E-state index < -0.39 is 29.5 Å². The number of methoxy groups -OCH3 is 1. The number of nitrogens with one attached hydrogen (secondary N) is 5. The summed E-state index contributed by atoms with van der Waals surface area (Å²) in [6, 6.07) is 19.2. The lowest BCUT2D eigenvalue weighted by atomic mass is 9.98. The van der Waals surface area contributed by atoms with Crippen molar-refractivity contribution in [2.75, 3.05) is 36.3 Å². The minimum absolute atomic E-state index is 0.0819. The van der Waals surface area contributed by atoms with Crippen molar-refractivity contribution in [1.29, 1.82) is 10.8 Å². The predicted octanol–water partition coefficient (Wildman–Crippen LogP) is 11.5. The molecule has 0 bridgehead atoms. The molecule has 3 amide bonds. The highest BCUT2D eigenvalue weighted by Gasteiger charge is 2.24. The standard InChI is InChI=1S/C55H75N7O9/c1-9-10-27-68-45-32-42(53(65)67-8)29-39(18-14-12-16-20-48(58)59)49(45)62-52(64)41-28-38(17-13-11-15-19-47(56)57)50(46(31-41)69-33-35(2)3)61-51(63)40-25-26-43(60-54(66)71-55(5,6)7)44(30-40)70-34-37-23-21-36(4)22-24-37/h21-26,28-32,35H,9-20,27,33-34H2,1-8H3,(H3,56,57)(H3,58,59)(H,60,66)(H,61,63)(H,62,64). The van der Waals surface area contributed by atoms with E-state index in [1.165, 1.54) is 7.11 Å². The third kappa shape index (κ3) is 19.3. The van der Waals surface area contributed by atoms with Gasteiger partial charge in [-0.1, -0.05) is 69.9 Å². The summed E-state index contributed by atoms with van der Waals surface area (Å²) in [7, 11) is 1.31. The average molecular weight is 978 g/mol. The molecule has 71 heavy (non-hydrogen) atoms. The Bertz CT molecular complexity index is 2460. The molecule has 0 fully saturated rings. The van der Waals surface area contributed by atoms with Crippen molar-refractivity contribution in [2.24, 2.45) is 17.4 Å². The van der Waals surface area contributed by atoms with Crippen LogP contribution in [0.5, 0.6) is 17.2 Å². The van der Waals surface area contributed by atoms with Gasteiger partial charge in [-0.15, -0.1) is 0 Å². The lowest BCUT2D eigenvalue weighted by Gasteiger charge is -2.22. The van der Waals surface area contributed by atoms with E-state index in [1.54, 1.807) is 63.2 Å². The Labute approximate surface area is 419 Å². The van der Waals surface area contributed by atoms with Gasteiger partial charge in [0.2, 0.25) is 0 Å². The van der Waals surface area contributed by atoms with Gasteiger partial charge >= 0.3 is 12.1 Å². The fraction of sp³-hybridized carbons (Fsp3) is 0.455. The van der Waals surface area contributed by atoms with Crippen LogP contribution in [0.2, 0.25) is 0 Å². The third-order valence-corrected chi connectivity index (χ3v) is 11.0. The number of hydrogen-bond acceptors (Lipinski definition) is 11. The third-order valence-electron chi connectivity index (χ3n) is 11.0. The van der Waals surface area contributed by atoms with E-state index >= 15 is 0 Å². The number of amides is 3. The van der Waals surface area contributed by atoms with Crippen LogP contribution in [0.25, 0.3) is 0 Å². The van der Waals surface area contributed by atoms with Gasteiger partial charge in [0.15, 0.2) is 0 Å². The molecule has 4 rings (SSSR count). The number of amidine groups is 2. The van der Waals surface area contributed by atoms with E-state index in [2.05, 4.69) is 16.0 Å². The zero-order valence-electron chi connectivity index (χ0n) is 42.9. The topological polar surface area (TPSA) is 250 Å². The predicted molar refractivity (Wildman–Crippen MR) is 281 cm³/mol. The smallest absolute Gasteiger partial charge is 0.412 e. The van der Waals surface area contributed by atoms with Crippen LogP contribution >= 0.6 is 0 Å². The number of benzene rings is 4. The maximum absolute atomic E-state index is 14.7. The van der Waals surface area contributed by atoms with Crippen molar-refractivity contribution >= 4 is 52.6 Å². The number of carbonyl (C=O) groups is 4. The summed E-state index contributed by atoms with van der Waals surface area (Å²) in [5.41, 5.74) is 15.7. The molecule has 0 aliphatic rings. The number of hydrogen-bond donors (Lipinski definition) is 7. The molecular weight excluding hydrogens is 903 g/mol. The van der Waals surface area contributed by atoms with Gasteiger partial charge < -0.3 is 45.8 Å². The van der Waals surface area contributed by atoms with E-state index in [0.29, 0.717) is 91.9 Å². The quantitative estimate of drug-likeness (QED) is 0.0122. The fourth-order valence-electron chi connectivity index (χ4n) is 7.33. The van der Waals surface area contributed by atoms with Crippen LogP contribution in [-0.4, -0.2) is 61.5 Å². The number of rotatable bonds is 28. The number of nitrogens with two attached hydrogens (primary N) is 2. The molecule has 384 valence electrons. The molecule has 0 saturated carbocycles. The monoisotopic (exact) mass is 978 g/mol. The van der Waals surface area contributed by atoms with Crippen molar-refractivity contribution < 1.29 is 42.9 Å². The Morgan fingerprint density at radius 1 is 0.648 bits per heavy atom. The Balaban J connectivity index is 1.80. The largest absolute Gasteiger partial charge is 0.491 e. The zero-order chi connectivity index (χ0) is 52.1. The average Bonchev–Trinajstić information content (AvgIpc) is 3.30. The number of anilines is 3. The zero-order valence-corrected chi connectivity index (χ0v) is 42.9. The molecule has 16 nitrogen and oxygen atoms in total. The second-order valence-electron chi connectivity index (χ2n) is 19.1. The maximum Gasteiger partial charge on any atom is 0.412 e. The molecule has 4 aromatic carbocycles. The highest BCUT2D eigenvalue weighted by atomic mass is 16.6. The highest BCUT2D eigenvalue weighted by molar-refractivity contribution is 6.09. The van der Waals surface area contributed by atoms with Crippen molar-refractivity contribution in [3.8, 4) is 17.2 Å². The first-order chi connectivity index (χ1) is 33.8. The summed E-state index contributed by atoms with van der Waals surface area (Å²) < 4.78 is 29.5. The minimum Gasteiger partial charge on any atom is -0.491 e. The van der Waals surface area contributed by atoms with E-state index in [-0.39, 0.29) is 59.0 Å². The molecule has 0 heterocycles. The van der Waals surface area contributed by atoms with Gasteiger partial charge in [-0.3, -0.25) is 25.7 Å². The maximum atomic E-state index is 14.7. The molecule has 9 N–H and O–H groups in total. The van der Waals surface area contributed by atoms with E-state index in [1.807, 2.05) is 52.0 Å². The summed E-state index contributed by atoms with van der Waals surface area (Å²) in [4.78, 5) is 55.0. The van der Waals surface area contributed by atoms with Gasteiger partial charge in [0.05, 0.1) is 54.6 Å². The van der Waals surface area contributed by atoms with Crippen molar-refractivity contribution in [1.82, 2.24) is 0 Å². The van der Waals surface area contributed by atoms with Gasteiger partial charge in [-0.05, 0) is 138 Å². The van der Waals surface area contributed by atoms with Crippen LogP contribution in [-0.2, 0) is 28.9 Å². The molecule has 0 saturated heterocycles. The second kappa shape index (κ2) is 27.9. The van der Waals surface area contributed by atoms with Crippen LogP contribution in [0.3, 0.4) is 0 Å². The van der Waals surface area contributed by atoms with Crippen molar-refractivity contribution in [3.63, 3.8) is 0 Å². The number of unbranched alkanes of at least 4 members (excludes halogenated alkanes) is 5. The molecule has 16 heteroatoms. The molecule has 0 aliphatic carbocycles. The first kappa shape index (κ1) is 56.5. The molecule has 0 unspecified atom stereocenters. The number of aryl methyl sites for hydroxylation is 3. The van der Waals surface area contributed by atoms with E-state index in [0.717, 1.165) is 36.8 Å². The van der Waals surface area contributed by atoms with Crippen molar-refractivity contribution in [3.05, 3.63) is 106 Å². The molecule has 0 aromatic heterocycles. The molecule has 4 aromatic rings. The number of ether oxygens (including phenoxy) is 5. The van der Waals surface area contributed by atoms with Gasteiger partial charge in [0.1, 0.15) is 29.5 Å². The van der Waals surface area contributed by atoms with Crippen LogP contribution in [0.1, 0.15) is 159 Å². The minimum atomic E-state index is -0.757. The van der Waals surface area contributed by atoms with Crippen LogP contribution < -0.4 is 41.6 Å². The summed E-state index contributed by atoms with van der Waals surface area (Å²) in [5, 5.41) is 24.3. The van der Waals surface area contributed by atoms with Crippen LogP contribution in [0, 0.1) is 23.7 Å². The Morgan fingerprint density at radius 2 is 1.20 bits per heavy atom. The summed E-state index contributed by atoms with van der Waals surface area (Å²) in [6.07, 6.45) is 6.96. The molecule has 0 radical (unpaired) electrons. The molecule has 0 aliphatic heterocycles. The first-order valence-corrected chi connectivity index (χ1v) is 24.5. The first-order valence-electron chi connectivity index (χ1n) is 24.5. The summed E-state index contributed by atoms with van der Waals surface area (Å²) >= 11 is 0. The Morgan fingerprint density at radius 3 is 1.75 bits per heavy atom. The van der Waals surface area contributed by atoms with Gasteiger partial charge in [-0.2, -0.15) is 0 Å². The Kier molecular flexibility index (Phi) is 22.2. The van der Waals surface area contributed by atoms with E-state index in [9.17, 15) is 19.2 Å². The van der Waals surface area contributed by atoms with Gasteiger partial charge in [-0.25, -0.2) is 9.59 Å². The van der Waals surface area contributed by atoms with Gasteiger partial charge in [0.25, 0.3) is 11.8 Å². The molecular formula is C55H75N7O9. The lowest BCUT2D eigenvalue weighted by Crippen LogP contribution is -2.27.